The van der Waals surface area contributed by atoms with Crippen LogP contribution in [0.25, 0.3) is 21.9 Å². The molecule has 1 aliphatic heterocycles. The van der Waals surface area contributed by atoms with Crippen LogP contribution in [0.1, 0.15) is 30.6 Å². The van der Waals surface area contributed by atoms with E-state index in [4.69, 9.17) is 8.83 Å². The third-order valence-corrected chi connectivity index (χ3v) is 4.47. The van der Waals surface area contributed by atoms with E-state index >= 15 is 0 Å². The van der Waals surface area contributed by atoms with Crippen LogP contribution in [0.3, 0.4) is 0 Å². The van der Waals surface area contributed by atoms with Gasteiger partial charge in [0.2, 0.25) is 0 Å². The molecule has 114 valence electrons. The number of likely N-dealkylation sites (tertiary alicyclic amines) is 1. The van der Waals surface area contributed by atoms with Gasteiger partial charge in [0.25, 0.3) is 0 Å². The summed E-state index contributed by atoms with van der Waals surface area (Å²) in [6.07, 6.45) is 3.88. The van der Waals surface area contributed by atoms with Crippen LogP contribution in [0.15, 0.2) is 37.9 Å². The lowest BCUT2D eigenvalue weighted by atomic mass is 10.1. The second kappa shape index (κ2) is 5.29. The van der Waals surface area contributed by atoms with Crippen molar-refractivity contribution in [3.05, 3.63) is 46.0 Å². The van der Waals surface area contributed by atoms with Gasteiger partial charge in [0.05, 0.1) is 6.54 Å². The second-order valence-corrected chi connectivity index (χ2v) is 6.18. The van der Waals surface area contributed by atoms with E-state index < -0.39 is 0 Å². The standard InChI is InChI=1S/C18H19NO3/c1-12-7-18(20)22-17-10-16-13(9-15(12)17)8-14(21-16)11-19-5-3-2-4-6-19/h7-10H,2-6,11H2,1H3. The molecule has 4 nitrogen and oxygen atoms in total. The minimum atomic E-state index is -0.315. The first-order chi connectivity index (χ1) is 10.7. The van der Waals surface area contributed by atoms with Crippen molar-refractivity contribution in [3.8, 4) is 0 Å². The molecule has 0 amide bonds. The van der Waals surface area contributed by atoms with Crippen LogP contribution >= 0.6 is 0 Å². The highest BCUT2D eigenvalue weighted by atomic mass is 16.4. The number of hydrogen-bond acceptors (Lipinski definition) is 4. The van der Waals surface area contributed by atoms with Gasteiger partial charge in [-0.05, 0) is 50.6 Å². The molecule has 1 aliphatic rings. The lowest BCUT2D eigenvalue weighted by Gasteiger charge is -2.25. The van der Waals surface area contributed by atoms with Crippen molar-refractivity contribution in [2.75, 3.05) is 13.1 Å². The normalized spacial score (nSPS) is 16.6. The zero-order valence-corrected chi connectivity index (χ0v) is 12.7. The maximum absolute atomic E-state index is 11.5. The molecule has 0 bridgehead atoms. The molecule has 0 saturated carbocycles. The van der Waals surface area contributed by atoms with Gasteiger partial charge in [-0.1, -0.05) is 6.42 Å². The number of rotatable bonds is 2. The van der Waals surface area contributed by atoms with E-state index in [0.29, 0.717) is 5.58 Å². The molecule has 0 spiro atoms. The molecule has 4 rings (SSSR count). The summed E-state index contributed by atoms with van der Waals surface area (Å²) < 4.78 is 11.2. The summed E-state index contributed by atoms with van der Waals surface area (Å²) in [5, 5.41) is 2.04. The van der Waals surface area contributed by atoms with E-state index in [1.54, 1.807) is 0 Å². The average molecular weight is 297 g/mol. The average Bonchev–Trinajstić information content (AvgIpc) is 2.87. The van der Waals surface area contributed by atoms with Crippen LogP contribution in [-0.4, -0.2) is 18.0 Å². The molecule has 0 atom stereocenters. The predicted octanol–water partition coefficient (Wildman–Crippen LogP) is 3.83. The largest absolute Gasteiger partial charge is 0.460 e. The van der Waals surface area contributed by atoms with Crippen molar-refractivity contribution in [2.24, 2.45) is 0 Å². The molecule has 4 heteroatoms. The van der Waals surface area contributed by atoms with E-state index in [1.807, 2.05) is 19.1 Å². The molecular weight excluding hydrogens is 278 g/mol. The molecule has 3 heterocycles. The van der Waals surface area contributed by atoms with Crippen molar-refractivity contribution in [1.29, 1.82) is 0 Å². The second-order valence-electron chi connectivity index (χ2n) is 6.18. The number of aryl methyl sites for hydroxylation is 1. The van der Waals surface area contributed by atoms with Gasteiger partial charge >= 0.3 is 5.63 Å². The third kappa shape index (κ3) is 2.44. The van der Waals surface area contributed by atoms with Gasteiger partial charge < -0.3 is 8.83 Å². The first kappa shape index (κ1) is 13.6. The van der Waals surface area contributed by atoms with Crippen molar-refractivity contribution in [1.82, 2.24) is 4.90 Å². The van der Waals surface area contributed by atoms with Gasteiger partial charge in [-0.2, -0.15) is 0 Å². The molecular formula is C18H19NO3. The Labute approximate surface area is 128 Å². The Morgan fingerprint density at radius 3 is 2.64 bits per heavy atom. The smallest absolute Gasteiger partial charge is 0.336 e. The van der Waals surface area contributed by atoms with Crippen LogP contribution in [0.2, 0.25) is 0 Å². The Kier molecular flexibility index (Phi) is 3.26. The molecule has 3 aromatic rings. The number of piperidine rings is 1. The van der Waals surface area contributed by atoms with Gasteiger partial charge in [-0.3, -0.25) is 4.90 Å². The fraction of sp³-hybridized carbons (Fsp3) is 0.389. The SMILES string of the molecule is Cc1cc(=O)oc2cc3oc(CN4CCCCC4)cc3cc12. The summed E-state index contributed by atoms with van der Waals surface area (Å²) in [5.41, 5.74) is 2.00. The van der Waals surface area contributed by atoms with Gasteiger partial charge in [-0.15, -0.1) is 0 Å². The fourth-order valence-corrected chi connectivity index (χ4v) is 3.32. The van der Waals surface area contributed by atoms with Gasteiger partial charge in [-0.25, -0.2) is 4.79 Å². The van der Waals surface area contributed by atoms with E-state index in [1.165, 1.54) is 25.3 Å². The topological polar surface area (TPSA) is 46.6 Å². The zero-order valence-electron chi connectivity index (χ0n) is 12.7. The van der Waals surface area contributed by atoms with Gasteiger partial charge in [0.1, 0.15) is 16.9 Å². The zero-order chi connectivity index (χ0) is 15.1. The van der Waals surface area contributed by atoms with Gasteiger partial charge in [0, 0.05) is 22.9 Å². The Morgan fingerprint density at radius 1 is 1.00 bits per heavy atom. The first-order valence-corrected chi connectivity index (χ1v) is 7.88. The van der Waals surface area contributed by atoms with E-state index in [9.17, 15) is 4.79 Å². The van der Waals surface area contributed by atoms with Crippen LogP contribution in [-0.2, 0) is 6.54 Å². The number of nitrogens with zero attached hydrogens (tertiary/aromatic N) is 1. The molecule has 0 radical (unpaired) electrons. The highest BCUT2D eigenvalue weighted by molar-refractivity contribution is 5.94. The van der Waals surface area contributed by atoms with E-state index in [-0.39, 0.29) is 5.63 Å². The molecule has 1 aromatic carbocycles. The van der Waals surface area contributed by atoms with Crippen LogP contribution < -0.4 is 5.63 Å². The molecule has 22 heavy (non-hydrogen) atoms. The van der Waals surface area contributed by atoms with Crippen LogP contribution in [0.4, 0.5) is 0 Å². The molecule has 2 aromatic heterocycles. The predicted molar refractivity (Wildman–Crippen MR) is 86.1 cm³/mol. The van der Waals surface area contributed by atoms with E-state index in [0.717, 1.165) is 47.3 Å². The number of benzene rings is 1. The monoisotopic (exact) mass is 297 g/mol. The van der Waals surface area contributed by atoms with Crippen molar-refractivity contribution >= 4 is 21.9 Å². The Hall–Kier alpha value is -2.07. The lowest BCUT2D eigenvalue weighted by Crippen LogP contribution is -2.28. The summed E-state index contributed by atoms with van der Waals surface area (Å²) in [7, 11) is 0. The Balaban J connectivity index is 1.74. The van der Waals surface area contributed by atoms with E-state index in [2.05, 4.69) is 11.0 Å². The summed E-state index contributed by atoms with van der Waals surface area (Å²) in [4.78, 5) is 13.9. The molecule has 0 N–H and O–H groups in total. The summed E-state index contributed by atoms with van der Waals surface area (Å²) in [6, 6.07) is 7.52. The van der Waals surface area contributed by atoms with Crippen LogP contribution in [0, 0.1) is 6.92 Å². The number of fused-ring (bicyclic) bond motifs is 2. The Bertz CT molecular complexity index is 884. The Morgan fingerprint density at radius 2 is 1.82 bits per heavy atom. The summed E-state index contributed by atoms with van der Waals surface area (Å²) in [5.74, 6) is 0.979. The quantitative estimate of drug-likeness (QED) is 0.674. The first-order valence-electron chi connectivity index (χ1n) is 7.88. The molecule has 1 saturated heterocycles. The van der Waals surface area contributed by atoms with Crippen molar-refractivity contribution in [3.63, 3.8) is 0 Å². The summed E-state index contributed by atoms with van der Waals surface area (Å²) in [6.45, 7) is 5.08. The maximum Gasteiger partial charge on any atom is 0.336 e. The highest BCUT2D eigenvalue weighted by Gasteiger charge is 2.14. The maximum atomic E-state index is 11.5. The minimum Gasteiger partial charge on any atom is -0.460 e. The fourth-order valence-electron chi connectivity index (χ4n) is 3.32. The lowest BCUT2D eigenvalue weighted by molar-refractivity contribution is 0.207. The third-order valence-electron chi connectivity index (χ3n) is 4.47. The van der Waals surface area contributed by atoms with Crippen molar-refractivity contribution in [2.45, 2.75) is 32.7 Å². The molecule has 0 aliphatic carbocycles. The number of hydrogen-bond donors (Lipinski definition) is 0. The minimum absolute atomic E-state index is 0.315. The molecule has 0 unspecified atom stereocenters. The van der Waals surface area contributed by atoms with Gasteiger partial charge in [0.15, 0.2) is 0 Å². The number of furan rings is 1. The van der Waals surface area contributed by atoms with Crippen molar-refractivity contribution < 1.29 is 8.83 Å². The highest BCUT2D eigenvalue weighted by Crippen LogP contribution is 2.27. The van der Waals surface area contributed by atoms with Crippen LogP contribution in [0.5, 0.6) is 0 Å². The summed E-state index contributed by atoms with van der Waals surface area (Å²) >= 11 is 0. The molecule has 1 fully saturated rings.